The predicted molar refractivity (Wildman–Crippen MR) is 86.5 cm³/mol. The summed E-state index contributed by atoms with van der Waals surface area (Å²) in [6, 6.07) is 9.72. The summed E-state index contributed by atoms with van der Waals surface area (Å²) in [5, 5.41) is 12.5. The predicted octanol–water partition coefficient (Wildman–Crippen LogP) is 3.49. The minimum absolute atomic E-state index is 0.249. The van der Waals surface area contributed by atoms with Gasteiger partial charge >= 0.3 is 6.18 Å². The Bertz CT molecular complexity index is 759. The summed E-state index contributed by atoms with van der Waals surface area (Å²) in [4.78, 5) is 12.3. The van der Waals surface area contributed by atoms with Gasteiger partial charge in [0.25, 0.3) is 5.91 Å². The number of rotatable bonds is 5. The fourth-order valence-corrected chi connectivity index (χ4v) is 2.44. The fourth-order valence-electron chi connectivity index (χ4n) is 2.44. The molecule has 0 aliphatic carbocycles. The van der Waals surface area contributed by atoms with Crippen LogP contribution in [-0.2, 0) is 6.18 Å². The Labute approximate surface area is 143 Å². The van der Waals surface area contributed by atoms with Crippen LogP contribution in [-0.4, -0.2) is 24.7 Å². The first-order valence-electron chi connectivity index (χ1n) is 7.51. The van der Waals surface area contributed by atoms with Gasteiger partial charge in [0.1, 0.15) is 5.75 Å². The number of halogens is 3. The molecule has 0 saturated carbocycles. The van der Waals surface area contributed by atoms with E-state index < -0.39 is 23.8 Å². The number of aliphatic hydroxyl groups excluding tert-OH is 1. The van der Waals surface area contributed by atoms with Crippen molar-refractivity contribution in [2.24, 2.45) is 0 Å². The van der Waals surface area contributed by atoms with Crippen LogP contribution in [0.1, 0.15) is 33.2 Å². The Kier molecular flexibility index (Phi) is 5.69. The normalized spacial score (nSPS) is 12.6. The van der Waals surface area contributed by atoms with Gasteiger partial charge in [-0.05, 0) is 30.7 Å². The largest absolute Gasteiger partial charge is 0.496 e. The highest BCUT2D eigenvalue weighted by molar-refractivity contribution is 5.97. The number of amides is 1. The monoisotopic (exact) mass is 353 g/mol. The highest BCUT2D eigenvalue weighted by Gasteiger charge is 2.34. The van der Waals surface area contributed by atoms with Crippen molar-refractivity contribution < 1.29 is 27.8 Å². The van der Waals surface area contributed by atoms with Gasteiger partial charge in [-0.2, -0.15) is 13.2 Å². The van der Waals surface area contributed by atoms with Gasteiger partial charge in [-0.15, -0.1) is 0 Å². The minimum atomic E-state index is -4.58. The molecule has 134 valence electrons. The van der Waals surface area contributed by atoms with Crippen LogP contribution in [0.2, 0.25) is 0 Å². The van der Waals surface area contributed by atoms with Gasteiger partial charge in [0.2, 0.25) is 0 Å². The van der Waals surface area contributed by atoms with Crippen LogP contribution < -0.4 is 10.1 Å². The number of hydrogen-bond acceptors (Lipinski definition) is 3. The van der Waals surface area contributed by atoms with E-state index in [-0.39, 0.29) is 17.7 Å². The second-order valence-electron chi connectivity index (χ2n) is 5.51. The molecule has 0 spiro atoms. The minimum Gasteiger partial charge on any atom is -0.496 e. The zero-order valence-corrected chi connectivity index (χ0v) is 13.7. The van der Waals surface area contributed by atoms with Crippen LogP contribution in [0.5, 0.6) is 5.75 Å². The lowest BCUT2D eigenvalue weighted by molar-refractivity contribution is -0.139. The molecule has 25 heavy (non-hydrogen) atoms. The molecule has 1 unspecified atom stereocenters. The van der Waals surface area contributed by atoms with Crippen LogP contribution in [0.15, 0.2) is 42.5 Å². The molecule has 0 fully saturated rings. The molecular formula is C18H18F3NO3. The number of carbonyl (C=O) groups is 1. The van der Waals surface area contributed by atoms with Crippen molar-refractivity contribution in [1.29, 1.82) is 0 Å². The maximum absolute atomic E-state index is 13.0. The van der Waals surface area contributed by atoms with Gasteiger partial charge in [0, 0.05) is 6.54 Å². The second-order valence-corrected chi connectivity index (χ2v) is 5.51. The highest BCUT2D eigenvalue weighted by atomic mass is 19.4. The summed E-state index contributed by atoms with van der Waals surface area (Å²) < 4.78 is 44.1. The highest BCUT2D eigenvalue weighted by Crippen LogP contribution is 2.34. The van der Waals surface area contributed by atoms with E-state index in [0.29, 0.717) is 5.75 Å². The molecule has 1 amide bonds. The molecule has 2 aromatic rings. The van der Waals surface area contributed by atoms with Crippen molar-refractivity contribution >= 4 is 5.91 Å². The molecule has 7 heteroatoms. The van der Waals surface area contributed by atoms with E-state index in [2.05, 4.69) is 5.32 Å². The third-order valence-corrected chi connectivity index (χ3v) is 3.68. The first-order chi connectivity index (χ1) is 11.7. The number of methoxy groups -OCH3 is 1. The van der Waals surface area contributed by atoms with E-state index in [1.807, 2.05) is 0 Å². The molecule has 2 rings (SSSR count). The molecule has 0 aliphatic rings. The lowest BCUT2D eigenvalue weighted by Crippen LogP contribution is -2.29. The number of benzene rings is 2. The van der Waals surface area contributed by atoms with Crippen LogP contribution >= 0.6 is 0 Å². The Balaban J connectivity index is 2.15. The van der Waals surface area contributed by atoms with Crippen molar-refractivity contribution in [2.45, 2.75) is 19.2 Å². The second kappa shape index (κ2) is 7.57. The summed E-state index contributed by atoms with van der Waals surface area (Å²) in [6.45, 7) is 1.44. The summed E-state index contributed by atoms with van der Waals surface area (Å²) >= 11 is 0. The molecule has 0 bridgehead atoms. The molecule has 1 atom stereocenters. The van der Waals surface area contributed by atoms with Crippen molar-refractivity contribution in [3.05, 3.63) is 64.7 Å². The van der Waals surface area contributed by atoms with E-state index in [0.717, 1.165) is 11.6 Å². The number of aryl methyl sites for hydroxylation is 1. The molecule has 0 aromatic heterocycles. The Morgan fingerprint density at radius 3 is 2.56 bits per heavy atom. The van der Waals surface area contributed by atoms with Gasteiger partial charge in [0.15, 0.2) is 0 Å². The molecule has 4 nitrogen and oxygen atoms in total. The Morgan fingerprint density at radius 1 is 1.24 bits per heavy atom. The van der Waals surface area contributed by atoms with Crippen molar-refractivity contribution in [1.82, 2.24) is 5.32 Å². The van der Waals surface area contributed by atoms with Gasteiger partial charge < -0.3 is 15.2 Å². The van der Waals surface area contributed by atoms with Crippen LogP contribution in [0.25, 0.3) is 0 Å². The SMILES string of the molecule is COc1ccc(C)cc1C(=O)NCC(O)c1ccccc1C(F)(F)F. The molecule has 2 N–H and O–H groups in total. The lowest BCUT2D eigenvalue weighted by atomic mass is 10.0. The molecule has 0 saturated heterocycles. The van der Waals surface area contributed by atoms with Crippen molar-refractivity contribution in [3.8, 4) is 5.75 Å². The quantitative estimate of drug-likeness (QED) is 0.865. The number of carbonyl (C=O) groups excluding carboxylic acids is 1. The Morgan fingerprint density at radius 2 is 1.92 bits per heavy atom. The molecular weight excluding hydrogens is 335 g/mol. The smallest absolute Gasteiger partial charge is 0.416 e. The van der Waals surface area contributed by atoms with Gasteiger partial charge in [-0.1, -0.05) is 29.8 Å². The summed E-state index contributed by atoms with van der Waals surface area (Å²) in [6.07, 6.45) is -6.07. The molecule has 0 aliphatic heterocycles. The summed E-state index contributed by atoms with van der Waals surface area (Å²) in [7, 11) is 1.41. The zero-order valence-electron chi connectivity index (χ0n) is 13.7. The number of hydrogen-bond donors (Lipinski definition) is 2. The maximum atomic E-state index is 13.0. The number of ether oxygens (including phenoxy) is 1. The average molecular weight is 353 g/mol. The van der Waals surface area contributed by atoms with E-state index in [1.165, 1.54) is 25.3 Å². The van der Waals surface area contributed by atoms with E-state index in [9.17, 15) is 23.1 Å². The van der Waals surface area contributed by atoms with Crippen molar-refractivity contribution in [2.75, 3.05) is 13.7 Å². The maximum Gasteiger partial charge on any atom is 0.416 e. The van der Waals surface area contributed by atoms with Gasteiger partial charge in [-0.3, -0.25) is 4.79 Å². The van der Waals surface area contributed by atoms with Crippen LogP contribution in [0.4, 0.5) is 13.2 Å². The first kappa shape index (κ1) is 18.8. The summed E-state index contributed by atoms with van der Waals surface area (Å²) in [5.41, 5.74) is -0.135. The first-order valence-corrected chi connectivity index (χ1v) is 7.51. The molecule has 2 aromatic carbocycles. The number of aliphatic hydroxyl groups is 1. The van der Waals surface area contributed by atoms with E-state index >= 15 is 0 Å². The molecule has 0 radical (unpaired) electrons. The van der Waals surface area contributed by atoms with Crippen LogP contribution in [0, 0.1) is 6.92 Å². The zero-order chi connectivity index (χ0) is 18.6. The topological polar surface area (TPSA) is 58.6 Å². The lowest BCUT2D eigenvalue weighted by Gasteiger charge is -2.18. The fraction of sp³-hybridized carbons (Fsp3) is 0.278. The van der Waals surface area contributed by atoms with Crippen molar-refractivity contribution in [3.63, 3.8) is 0 Å². The van der Waals surface area contributed by atoms with E-state index in [4.69, 9.17) is 4.74 Å². The standard InChI is InChI=1S/C18H18F3NO3/c1-11-7-8-16(25-2)13(9-11)17(24)22-10-15(23)12-5-3-4-6-14(12)18(19,20)21/h3-9,15,23H,10H2,1-2H3,(H,22,24). The van der Waals surface area contributed by atoms with Gasteiger partial charge in [0.05, 0.1) is 24.3 Å². The summed E-state index contributed by atoms with van der Waals surface area (Å²) in [5.74, 6) is -0.197. The average Bonchev–Trinajstić information content (AvgIpc) is 2.58. The number of alkyl halides is 3. The number of nitrogens with one attached hydrogen (secondary N) is 1. The van der Waals surface area contributed by atoms with Gasteiger partial charge in [-0.25, -0.2) is 0 Å². The third kappa shape index (κ3) is 4.51. The molecule has 0 heterocycles. The Hall–Kier alpha value is -2.54. The third-order valence-electron chi connectivity index (χ3n) is 3.68. The van der Waals surface area contributed by atoms with Crippen LogP contribution in [0.3, 0.4) is 0 Å². The van der Waals surface area contributed by atoms with E-state index in [1.54, 1.807) is 25.1 Å².